The molecule has 0 saturated carbocycles. The van der Waals surface area contributed by atoms with Gasteiger partial charge in [-0.05, 0) is 40.9 Å². The molecular weight excluding hydrogens is 352 g/mol. The molecule has 0 amide bonds. The lowest BCUT2D eigenvalue weighted by Gasteiger charge is -2.18. The predicted octanol–water partition coefficient (Wildman–Crippen LogP) is 5.44. The second-order valence-corrected chi connectivity index (χ2v) is 7.61. The normalized spacial score (nSPS) is 12.0. The van der Waals surface area contributed by atoms with E-state index in [0.29, 0.717) is 15.6 Å². The standard InChI is InChI=1S/C19H19ClN4S/c1-19(2,3)15-9-7-13(8-10-15)12-21-24-17(22-23-18(24)25)14-5-4-6-16(20)11-14/h4-12H,1-3H3,(H,23,25)/b21-12+. The average Bonchev–Trinajstić information content (AvgIpc) is 2.93. The predicted molar refractivity (Wildman–Crippen MR) is 106 cm³/mol. The van der Waals surface area contributed by atoms with Gasteiger partial charge in [-0.15, -0.1) is 0 Å². The van der Waals surface area contributed by atoms with E-state index in [9.17, 15) is 0 Å². The first-order valence-corrected chi connectivity index (χ1v) is 8.71. The number of aromatic amines is 1. The van der Waals surface area contributed by atoms with Crippen molar-refractivity contribution in [2.75, 3.05) is 0 Å². The highest BCUT2D eigenvalue weighted by atomic mass is 35.5. The van der Waals surface area contributed by atoms with Crippen LogP contribution in [0.5, 0.6) is 0 Å². The number of H-pyrrole nitrogens is 1. The van der Waals surface area contributed by atoms with Crippen molar-refractivity contribution in [3.8, 4) is 11.4 Å². The lowest BCUT2D eigenvalue weighted by Crippen LogP contribution is -2.10. The Morgan fingerprint density at radius 1 is 1.16 bits per heavy atom. The molecule has 0 aliphatic heterocycles. The number of hydrogen-bond donors (Lipinski definition) is 1. The molecule has 0 aliphatic rings. The summed E-state index contributed by atoms with van der Waals surface area (Å²) in [6, 6.07) is 15.8. The van der Waals surface area contributed by atoms with Gasteiger partial charge in [-0.1, -0.05) is 68.8 Å². The molecule has 128 valence electrons. The van der Waals surface area contributed by atoms with E-state index in [1.807, 2.05) is 36.4 Å². The van der Waals surface area contributed by atoms with Crippen LogP contribution < -0.4 is 0 Å². The molecule has 1 aromatic heterocycles. The second kappa shape index (κ2) is 6.94. The zero-order chi connectivity index (χ0) is 18.0. The Morgan fingerprint density at radius 3 is 2.52 bits per heavy atom. The largest absolute Gasteiger partial charge is 0.250 e. The minimum atomic E-state index is 0.127. The van der Waals surface area contributed by atoms with Gasteiger partial charge in [0.25, 0.3) is 0 Å². The fraction of sp³-hybridized carbons (Fsp3) is 0.211. The number of benzene rings is 2. The smallest absolute Gasteiger partial charge is 0.216 e. The monoisotopic (exact) mass is 370 g/mol. The Kier molecular flexibility index (Phi) is 4.88. The Balaban J connectivity index is 1.92. The number of halogens is 1. The van der Waals surface area contributed by atoms with E-state index in [-0.39, 0.29) is 5.41 Å². The maximum atomic E-state index is 6.07. The van der Waals surface area contributed by atoms with Crippen LogP contribution in [0.2, 0.25) is 5.02 Å². The van der Waals surface area contributed by atoms with Gasteiger partial charge in [-0.25, -0.2) is 5.10 Å². The van der Waals surface area contributed by atoms with E-state index in [1.165, 1.54) is 5.56 Å². The molecule has 0 aliphatic carbocycles. The summed E-state index contributed by atoms with van der Waals surface area (Å²) in [5.41, 5.74) is 3.25. The van der Waals surface area contributed by atoms with Gasteiger partial charge in [0, 0.05) is 10.6 Å². The van der Waals surface area contributed by atoms with Gasteiger partial charge >= 0.3 is 0 Å². The summed E-state index contributed by atoms with van der Waals surface area (Å²) in [6.45, 7) is 6.58. The fourth-order valence-corrected chi connectivity index (χ4v) is 2.78. The molecule has 0 atom stereocenters. The lowest BCUT2D eigenvalue weighted by atomic mass is 9.87. The van der Waals surface area contributed by atoms with E-state index >= 15 is 0 Å². The molecule has 0 unspecified atom stereocenters. The van der Waals surface area contributed by atoms with E-state index in [0.717, 1.165) is 11.1 Å². The third kappa shape index (κ3) is 4.06. The highest BCUT2D eigenvalue weighted by Crippen LogP contribution is 2.23. The molecule has 3 aromatic rings. The fourth-order valence-electron chi connectivity index (χ4n) is 2.41. The van der Waals surface area contributed by atoms with E-state index in [2.05, 4.69) is 48.2 Å². The van der Waals surface area contributed by atoms with Crippen LogP contribution in [0.25, 0.3) is 11.4 Å². The first kappa shape index (κ1) is 17.6. The van der Waals surface area contributed by atoms with Crippen molar-refractivity contribution in [2.24, 2.45) is 5.10 Å². The highest BCUT2D eigenvalue weighted by Gasteiger charge is 2.12. The topological polar surface area (TPSA) is 46.0 Å². The van der Waals surface area contributed by atoms with Crippen LogP contribution in [0.3, 0.4) is 0 Å². The molecule has 25 heavy (non-hydrogen) atoms. The van der Waals surface area contributed by atoms with Crippen LogP contribution >= 0.6 is 23.8 Å². The molecule has 6 heteroatoms. The first-order chi connectivity index (χ1) is 11.8. The molecule has 4 nitrogen and oxygen atoms in total. The Labute approximate surface area is 157 Å². The Hall–Kier alpha value is -2.24. The van der Waals surface area contributed by atoms with Crippen molar-refractivity contribution in [2.45, 2.75) is 26.2 Å². The van der Waals surface area contributed by atoms with Crippen molar-refractivity contribution in [1.82, 2.24) is 14.9 Å². The van der Waals surface area contributed by atoms with Gasteiger partial charge in [0.1, 0.15) is 0 Å². The number of nitrogens with one attached hydrogen (secondary N) is 1. The van der Waals surface area contributed by atoms with E-state index < -0.39 is 0 Å². The van der Waals surface area contributed by atoms with Gasteiger partial charge in [0.15, 0.2) is 5.82 Å². The third-order valence-electron chi connectivity index (χ3n) is 3.83. The summed E-state index contributed by atoms with van der Waals surface area (Å²) >= 11 is 11.4. The molecular formula is C19H19ClN4S. The summed E-state index contributed by atoms with van der Waals surface area (Å²) in [7, 11) is 0. The third-order valence-corrected chi connectivity index (χ3v) is 4.33. The van der Waals surface area contributed by atoms with Crippen LogP contribution in [0.15, 0.2) is 53.6 Å². The summed E-state index contributed by atoms with van der Waals surface area (Å²) in [4.78, 5) is 0. The van der Waals surface area contributed by atoms with E-state index in [1.54, 1.807) is 10.9 Å². The molecule has 1 N–H and O–H groups in total. The SMILES string of the molecule is CC(C)(C)c1ccc(/C=N/n2c(-c3cccc(Cl)c3)n[nH]c2=S)cc1. The zero-order valence-electron chi connectivity index (χ0n) is 14.3. The van der Waals surface area contributed by atoms with Gasteiger partial charge < -0.3 is 0 Å². The summed E-state index contributed by atoms with van der Waals surface area (Å²) in [6.07, 6.45) is 1.77. The molecule has 0 radical (unpaired) electrons. The van der Waals surface area contributed by atoms with Crippen LogP contribution in [0.4, 0.5) is 0 Å². The van der Waals surface area contributed by atoms with Crippen molar-refractivity contribution < 1.29 is 0 Å². The van der Waals surface area contributed by atoms with Gasteiger partial charge in [0.05, 0.1) is 6.21 Å². The summed E-state index contributed by atoms with van der Waals surface area (Å²) < 4.78 is 2.02. The van der Waals surface area contributed by atoms with Crippen molar-refractivity contribution >= 4 is 30.0 Å². The van der Waals surface area contributed by atoms with Crippen molar-refractivity contribution in [1.29, 1.82) is 0 Å². The molecule has 1 heterocycles. The van der Waals surface area contributed by atoms with Crippen LogP contribution in [-0.4, -0.2) is 21.1 Å². The van der Waals surface area contributed by atoms with Crippen molar-refractivity contribution in [3.05, 3.63) is 69.5 Å². The molecule has 0 saturated heterocycles. The number of rotatable bonds is 3. The number of hydrogen-bond acceptors (Lipinski definition) is 3. The van der Waals surface area contributed by atoms with Gasteiger partial charge in [-0.2, -0.15) is 14.9 Å². The lowest BCUT2D eigenvalue weighted by molar-refractivity contribution is 0.590. The van der Waals surface area contributed by atoms with Crippen LogP contribution in [0, 0.1) is 4.77 Å². The molecule has 0 fully saturated rings. The van der Waals surface area contributed by atoms with Crippen LogP contribution in [-0.2, 0) is 5.41 Å². The summed E-state index contributed by atoms with van der Waals surface area (Å²) in [5.74, 6) is 0.620. The van der Waals surface area contributed by atoms with Gasteiger partial charge in [-0.3, -0.25) is 0 Å². The average molecular weight is 371 g/mol. The molecule has 0 bridgehead atoms. The van der Waals surface area contributed by atoms with Gasteiger partial charge in [0.2, 0.25) is 4.77 Å². The Morgan fingerprint density at radius 2 is 1.88 bits per heavy atom. The Bertz CT molecular complexity index is 962. The number of aromatic nitrogens is 3. The maximum Gasteiger partial charge on any atom is 0.216 e. The maximum absolute atomic E-state index is 6.07. The zero-order valence-corrected chi connectivity index (χ0v) is 15.9. The molecule has 2 aromatic carbocycles. The quantitative estimate of drug-likeness (QED) is 0.492. The minimum absolute atomic E-state index is 0.127. The highest BCUT2D eigenvalue weighted by molar-refractivity contribution is 7.71. The van der Waals surface area contributed by atoms with Crippen molar-refractivity contribution in [3.63, 3.8) is 0 Å². The number of nitrogens with zero attached hydrogens (tertiary/aromatic N) is 3. The molecule has 3 rings (SSSR count). The summed E-state index contributed by atoms with van der Waals surface area (Å²) in [5, 5.41) is 12.2. The molecule has 0 spiro atoms. The second-order valence-electron chi connectivity index (χ2n) is 6.79. The van der Waals surface area contributed by atoms with E-state index in [4.69, 9.17) is 23.8 Å². The minimum Gasteiger partial charge on any atom is -0.250 e. The first-order valence-electron chi connectivity index (χ1n) is 7.93. The van der Waals surface area contributed by atoms with Crippen LogP contribution in [0.1, 0.15) is 31.9 Å².